The number of hydrogen-bond donors (Lipinski definition) is 0. The van der Waals surface area contributed by atoms with Crippen LogP contribution in [0.4, 0.5) is 0 Å². The van der Waals surface area contributed by atoms with Crippen molar-refractivity contribution in [1.29, 1.82) is 0 Å². The van der Waals surface area contributed by atoms with E-state index >= 15 is 0 Å². The minimum atomic E-state index is 1.10. The maximum atomic E-state index is 3.70. The van der Waals surface area contributed by atoms with Gasteiger partial charge in [0.2, 0.25) is 0 Å². The first-order valence-corrected chi connectivity index (χ1v) is 15.1. The molecule has 39 heavy (non-hydrogen) atoms. The molecule has 0 radical (unpaired) electrons. The van der Waals surface area contributed by atoms with Gasteiger partial charge in [0.25, 0.3) is 0 Å². The Bertz CT molecular complexity index is 2020. The molecule has 0 fully saturated rings. The number of halogens is 2. The van der Waals surface area contributed by atoms with Gasteiger partial charge >= 0.3 is 0 Å². The van der Waals surface area contributed by atoms with Crippen LogP contribution in [0.1, 0.15) is 18.9 Å². The minimum absolute atomic E-state index is 1.10. The highest BCUT2D eigenvalue weighted by Gasteiger charge is 2.20. The molecule has 0 amide bonds. The first-order valence-electron chi connectivity index (χ1n) is 13.5. The third kappa shape index (κ3) is 4.18. The van der Waals surface area contributed by atoms with Crippen molar-refractivity contribution in [1.82, 2.24) is 0 Å². The Labute approximate surface area is 245 Å². The molecule has 0 atom stereocenters. The molecule has 2 heteroatoms. The van der Waals surface area contributed by atoms with Gasteiger partial charge in [-0.3, -0.25) is 0 Å². The van der Waals surface area contributed by atoms with Crippen LogP contribution in [0.2, 0.25) is 0 Å². The quantitative estimate of drug-likeness (QED) is 0.134. The zero-order valence-corrected chi connectivity index (χ0v) is 24.8. The Morgan fingerprint density at radius 2 is 0.974 bits per heavy atom. The van der Waals surface area contributed by atoms with Crippen LogP contribution in [0.5, 0.6) is 0 Å². The summed E-state index contributed by atoms with van der Waals surface area (Å²) in [6.07, 6.45) is 2.25. The van der Waals surface area contributed by atoms with Crippen molar-refractivity contribution in [2.75, 3.05) is 0 Å². The Morgan fingerprint density at radius 1 is 0.487 bits per heavy atom. The third-order valence-electron chi connectivity index (χ3n) is 7.85. The third-order valence-corrected chi connectivity index (χ3v) is 8.83. The van der Waals surface area contributed by atoms with Crippen molar-refractivity contribution >= 4 is 74.9 Å². The van der Waals surface area contributed by atoms with Gasteiger partial charge in [0.1, 0.15) is 0 Å². The van der Waals surface area contributed by atoms with Crippen LogP contribution in [0.3, 0.4) is 0 Å². The fraction of sp³-hybridized carbons (Fsp3) is 0.0811. The van der Waals surface area contributed by atoms with Crippen LogP contribution >= 0.6 is 31.9 Å². The molecule has 7 aromatic carbocycles. The van der Waals surface area contributed by atoms with E-state index in [0.29, 0.717) is 0 Å². The van der Waals surface area contributed by atoms with E-state index in [9.17, 15) is 0 Å². The molecule has 0 aliphatic heterocycles. The summed E-state index contributed by atoms with van der Waals surface area (Å²) >= 11 is 7.40. The van der Waals surface area contributed by atoms with Gasteiger partial charge in [0.05, 0.1) is 0 Å². The van der Waals surface area contributed by atoms with Gasteiger partial charge in [0.15, 0.2) is 0 Å². The van der Waals surface area contributed by atoms with Gasteiger partial charge in [-0.1, -0.05) is 136 Å². The molecule has 0 aliphatic carbocycles. The van der Waals surface area contributed by atoms with E-state index in [-0.39, 0.29) is 0 Å². The van der Waals surface area contributed by atoms with E-state index in [1.165, 1.54) is 70.9 Å². The normalized spacial score (nSPS) is 11.7. The van der Waals surface area contributed by atoms with E-state index in [0.717, 1.165) is 21.8 Å². The zero-order chi connectivity index (χ0) is 26.5. The first kappa shape index (κ1) is 24.6. The van der Waals surface area contributed by atoms with Crippen LogP contribution in [-0.4, -0.2) is 0 Å². The fourth-order valence-electron chi connectivity index (χ4n) is 6.16. The lowest BCUT2D eigenvalue weighted by Crippen LogP contribution is -1.94. The van der Waals surface area contributed by atoms with Crippen molar-refractivity contribution in [3.63, 3.8) is 0 Å². The molecule has 0 heterocycles. The van der Waals surface area contributed by atoms with Crippen molar-refractivity contribution < 1.29 is 0 Å². The summed E-state index contributed by atoms with van der Waals surface area (Å²) in [6.45, 7) is 2.24. The molecular weight excluding hydrogens is 604 g/mol. The van der Waals surface area contributed by atoms with Gasteiger partial charge in [-0.05, 0) is 102 Å². The molecule has 7 aromatic rings. The summed E-state index contributed by atoms with van der Waals surface area (Å²) in [5.41, 5.74) is 6.49. The Hall–Kier alpha value is -3.46. The molecule has 0 bridgehead atoms. The predicted molar refractivity (Wildman–Crippen MR) is 177 cm³/mol. The summed E-state index contributed by atoms with van der Waals surface area (Å²) in [7, 11) is 0. The summed E-state index contributed by atoms with van der Waals surface area (Å²) in [4.78, 5) is 0. The molecule has 0 unspecified atom stereocenters. The topological polar surface area (TPSA) is 0 Å². The van der Waals surface area contributed by atoms with Crippen LogP contribution in [0.25, 0.3) is 65.3 Å². The number of rotatable bonds is 4. The molecule has 188 valence electrons. The number of benzene rings is 7. The average Bonchev–Trinajstić information content (AvgIpc) is 2.96. The summed E-state index contributed by atoms with van der Waals surface area (Å²) in [5, 5.41) is 10.2. The lowest BCUT2D eigenvalue weighted by atomic mass is 9.82. The van der Waals surface area contributed by atoms with Crippen LogP contribution in [0, 0.1) is 0 Å². The van der Waals surface area contributed by atoms with Crippen molar-refractivity contribution in [2.24, 2.45) is 0 Å². The van der Waals surface area contributed by atoms with Crippen molar-refractivity contribution in [2.45, 2.75) is 19.8 Å². The predicted octanol–water partition coefficient (Wildman–Crippen LogP) is 12.1. The Balaban J connectivity index is 1.75. The summed E-state index contributed by atoms with van der Waals surface area (Å²) in [6, 6.07) is 42.7. The van der Waals surface area contributed by atoms with E-state index in [2.05, 4.69) is 154 Å². The maximum Gasteiger partial charge on any atom is 0.0181 e. The van der Waals surface area contributed by atoms with Crippen LogP contribution < -0.4 is 0 Å². The molecule has 7 rings (SSSR count). The SMILES string of the molecule is CCCc1ccc(-c2c3ccc4cc(Br)ccc4c3c(-c3ccccc3)c3ccc4cc(Br)ccc4c23)cc1. The molecule has 0 aromatic heterocycles. The largest absolute Gasteiger partial charge is 0.0651 e. The van der Waals surface area contributed by atoms with Crippen molar-refractivity contribution in [3.05, 3.63) is 130 Å². The monoisotopic (exact) mass is 628 g/mol. The van der Waals surface area contributed by atoms with E-state index in [1.807, 2.05) is 0 Å². The molecule has 0 nitrogen and oxygen atoms in total. The standard InChI is InChI=1S/C37H26Br2/c1-2-6-23-9-11-25(12-10-23)35-33-18-14-26-21-28(38)15-19-30(26)36(33)34(24-7-4-3-5-8-24)32-17-13-27-22-29(39)16-20-31(27)37(32)35/h3-5,7-22H,2,6H2,1H3. The highest BCUT2D eigenvalue weighted by molar-refractivity contribution is 9.10. The zero-order valence-electron chi connectivity index (χ0n) is 21.6. The second kappa shape index (κ2) is 9.93. The Morgan fingerprint density at radius 3 is 1.49 bits per heavy atom. The molecular formula is C37H26Br2. The van der Waals surface area contributed by atoms with Gasteiger partial charge in [-0.25, -0.2) is 0 Å². The number of hydrogen-bond acceptors (Lipinski definition) is 0. The lowest BCUT2D eigenvalue weighted by Gasteiger charge is -2.21. The molecule has 0 spiro atoms. The minimum Gasteiger partial charge on any atom is -0.0651 e. The second-order valence-electron chi connectivity index (χ2n) is 10.3. The number of fused-ring (bicyclic) bond motifs is 6. The molecule has 0 saturated carbocycles. The van der Waals surface area contributed by atoms with E-state index < -0.39 is 0 Å². The molecule has 0 saturated heterocycles. The lowest BCUT2D eigenvalue weighted by molar-refractivity contribution is 0.922. The summed E-state index contributed by atoms with van der Waals surface area (Å²) in [5.74, 6) is 0. The van der Waals surface area contributed by atoms with E-state index in [4.69, 9.17) is 0 Å². The van der Waals surface area contributed by atoms with E-state index in [1.54, 1.807) is 0 Å². The van der Waals surface area contributed by atoms with Gasteiger partial charge in [0, 0.05) is 8.95 Å². The van der Waals surface area contributed by atoms with Crippen LogP contribution in [-0.2, 0) is 6.42 Å². The molecule has 0 aliphatic rings. The maximum absolute atomic E-state index is 3.70. The molecule has 0 N–H and O–H groups in total. The second-order valence-corrected chi connectivity index (χ2v) is 12.1. The van der Waals surface area contributed by atoms with Gasteiger partial charge in [-0.2, -0.15) is 0 Å². The van der Waals surface area contributed by atoms with Gasteiger partial charge < -0.3 is 0 Å². The number of aryl methyl sites for hydroxylation is 1. The Kier molecular flexibility index (Phi) is 6.26. The highest BCUT2D eigenvalue weighted by Crippen LogP contribution is 2.48. The fourth-order valence-corrected chi connectivity index (χ4v) is 6.91. The summed E-state index contributed by atoms with van der Waals surface area (Å²) < 4.78 is 2.19. The smallest absolute Gasteiger partial charge is 0.0181 e. The highest BCUT2D eigenvalue weighted by atomic mass is 79.9. The van der Waals surface area contributed by atoms with Gasteiger partial charge in [-0.15, -0.1) is 0 Å². The van der Waals surface area contributed by atoms with Crippen molar-refractivity contribution in [3.8, 4) is 22.3 Å². The van der Waals surface area contributed by atoms with Crippen LogP contribution in [0.15, 0.2) is 124 Å². The average molecular weight is 630 g/mol. The first-order chi connectivity index (χ1) is 19.1.